The summed E-state index contributed by atoms with van der Waals surface area (Å²) in [6, 6.07) is 5.57. The van der Waals surface area contributed by atoms with Crippen LogP contribution in [0, 0.1) is 0 Å². The average Bonchev–Trinajstić information content (AvgIpc) is 3.11. The van der Waals surface area contributed by atoms with Crippen LogP contribution in [0.2, 0.25) is 0 Å². The zero-order valence-corrected chi connectivity index (χ0v) is 13.5. The molecule has 1 aliphatic rings. The van der Waals surface area contributed by atoms with Gasteiger partial charge in [0, 0.05) is 38.1 Å². The number of amides is 1. The highest BCUT2D eigenvalue weighted by Gasteiger charge is 2.17. The molecule has 1 aliphatic heterocycles. The number of nitrogens with zero attached hydrogens (tertiary/aromatic N) is 4. The quantitative estimate of drug-likeness (QED) is 0.917. The van der Waals surface area contributed by atoms with E-state index in [2.05, 4.69) is 20.1 Å². The van der Waals surface area contributed by atoms with Gasteiger partial charge in [0.05, 0.1) is 5.69 Å². The predicted molar refractivity (Wildman–Crippen MR) is 89.1 cm³/mol. The number of nitrogens with one attached hydrogen (secondary N) is 1. The summed E-state index contributed by atoms with van der Waals surface area (Å²) < 4.78 is 0. The molecule has 6 nitrogen and oxygen atoms in total. The summed E-state index contributed by atoms with van der Waals surface area (Å²) in [6.07, 6.45) is 7.33. The van der Waals surface area contributed by atoms with Crippen LogP contribution in [0.5, 0.6) is 0 Å². The van der Waals surface area contributed by atoms with E-state index in [1.807, 2.05) is 19.2 Å². The number of pyridine rings is 1. The van der Waals surface area contributed by atoms with Crippen molar-refractivity contribution in [2.45, 2.75) is 19.3 Å². The van der Waals surface area contributed by atoms with E-state index in [-0.39, 0.29) is 5.91 Å². The fourth-order valence-corrected chi connectivity index (χ4v) is 2.88. The summed E-state index contributed by atoms with van der Waals surface area (Å²) in [5.41, 5.74) is 2.16. The molecule has 1 saturated heterocycles. The van der Waals surface area contributed by atoms with Gasteiger partial charge in [0.2, 0.25) is 0 Å². The van der Waals surface area contributed by atoms with Crippen molar-refractivity contribution >= 4 is 5.91 Å². The first kappa shape index (κ1) is 15.7. The first-order valence-electron chi connectivity index (χ1n) is 8.17. The number of hydrogen-bond acceptors (Lipinski definition) is 4. The smallest absolute Gasteiger partial charge is 0.271 e. The maximum absolute atomic E-state index is 12.5. The van der Waals surface area contributed by atoms with Gasteiger partial charge >= 0.3 is 0 Å². The second-order valence-corrected chi connectivity index (χ2v) is 6.04. The van der Waals surface area contributed by atoms with Gasteiger partial charge in [-0.3, -0.25) is 14.9 Å². The van der Waals surface area contributed by atoms with Crippen molar-refractivity contribution in [3.05, 3.63) is 36.3 Å². The van der Waals surface area contributed by atoms with Crippen LogP contribution in [0.3, 0.4) is 0 Å². The van der Waals surface area contributed by atoms with Crippen LogP contribution in [-0.2, 0) is 0 Å². The number of H-pyrrole nitrogens is 1. The number of likely N-dealkylation sites (tertiary alicyclic amines) is 1. The summed E-state index contributed by atoms with van der Waals surface area (Å²) in [5.74, 6) is -0.0235. The molecule has 2 aromatic rings. The Morgan fingerprint density at radius 1 is 1.35 bits per heavy atom. The van der Waals surface area contributed by atoms with E-state index in [0.29, 0.717) is 5.69 Å². The number of piperidine rings is 1. The van der Waals surface area contributed by atoms with Gasteiger partial charge in [0.25, 0.3) is 5.91 Å². The Kier molecular flexibility index (Phi) is 5.02. The second kappa shape index (κ2) is 7.37. The van der Waals surface area contributed by atoms with Crippen molar-refractivity contribution in [3.63, 3.8) is 0 Å². The van der Waals surface area contributed by atoms with Crippen molar-refractivity contribution in [2.24, 2.45) is 0 Å². The monoisotopic (exact) mass is 313 g/mol. The number of carbonyl (C=O) groups excluding carboxylic acids is 1. The molecule has 23 heavy (non-hydrogen) atoms. The van der Waals surface area contributed by atoms with E-state index in [1.165, 1.54) is 19.3 Å². The van der Waals surface area contributed by atoms with Gasteiger partial charge in [-0.25, -0.2) is 0 Å². The number of aromatic nitrogens is 3. The van der Waals surface area contributed by atoms with Gasteiger partial charge in [-0.15, -0.1) is 0 Å². The zero-order valence-electron chi connectivity index (χ0n) is 13.5. The Labute approximate surface area is 136 Å². The van der Waals surface area contributed by atoms with Crippen LogP contribution in [-0.4, -0.2) is 64.1 Å². The lowest BCUT2D eigenvalue weighted by molar-refractivity contribution is 0.0767. The molecule has 2 aromatic heterocycles. The summed E-state index contributed by atoms with van der Waals surface area (Å²) in [5, 5.41) is 7.06. The van der Waals surface area contributed by atoms with Crippen LogP contribution in [0.4, 0.5) is 0 Å². The maximum Gasteiger partial charge on any atom is 0.271 e. The molecular formula is C17H23N5O. The second-order valence-electron chi connectivity index (χ2n) is 6.04. The van der Waals surface area contributed by atoms with E-state index in [0.717, 1.165) is 37.4 Å². The molecule has 0 aromatic carbocycles. The normalized spacial score (nSPS) is 15.5. The molecule has 0 aliphatic carbocycles. The van der Waals surface area contributed by atoms with Gasteiger partial charge in [0.15, 0.2) is 0 Å². The zero-order chi connectivity index (χ0) is 16.1. The lowest BCUT2D eigenvalue weighted by atomic mass is 10.1. The summed E-state index contributed by atoms with van der Waals surface area (Å²) in [7, 11) is 1.84. The van der Waals surface area contributed by atoms with E-state index in [9.17, 15) is 4.79 Å². The summed E-state index contributed by atoms with van der Waals surface area (Å²) >= 11 is 0. The molecular weight excluding hydrogens is 290 g/mol. The van der Waals surface area contributed by atoms with E-state index >= 15 is 0 Å². The van der Waals surface area contributed by atoms with Gasteiger partial charge < -0.3 is 9.80 Å². The third kappa shape index (κ3) is 3.96. The van der Waals surface area contributed by atoms with Crippen molar-refractivity contribution in [1.82, 2.24) is 25.0 Å². The minimum atomic E-state index is -0.0235. The third-order valence-corrected chi connectivity index (χ3v) is 4.31. The molecule has 1 N–H and O–H groups in total. The van der Waals surface area contributed by atoms with Crippen LogP contribution in [0.1, 0.15) is 29.8 Å². The number of aromatic amines is 1. The molecule has 6 heteroatoms. The summed E-state index contributed by atoms with van der Waals surface area (Å²) in [4.78, 5) is 20.8. The predicted octanol–water partition coefficient (Wildman–Crippen LogP) is 2.03. The minimum absolute atomic E-state index is 0.0235. The molecule has 1 fully saturated rings. The molecule has 0 saturated carbocycles. The van der Waals surface area contributed by atoms with Crippen molar-refractivity contribution in [1.29, 1.82) is 0 Å². The van der Waals surface area contributed by atoms with Crippen molar-refractivity contribution < 1.29 is 4.79 Å². The highest BCUT2D eigenvalue weighted by atomic mass is 16.2. The molecule has 1 amide bonds. The Morgan fingerprint density at radius 3 is 2.91 bits per heavy atom. The fraction of sp³-hybridized carbons (Fsp3) is 0.471. The lowest BCUT2D eigenvalue weighted by Crippen LogP contribution is -2.38. The Hall–Kier alpha value is -2.21. The number of likely N-dealkylation sites (N-methyl/N-ethyl adjacent to an activating group) is 1. The minimum Gasteiger partial charge on any atom is -0.339 e. The molecule has 3 heterocycles. The van der Waals surface area contributed by atoms with Crippen LogP contribution >= 0.6 is 0 Å². The average molecular weight is 313 g/mol. The number of hydrogen-bond donors (Lipinski definition) is 1. The van der Waals surface area contributed by atoms with Crippen LogP contribution in [0.25, 0.3) is 11.3 Å². The standard InChI is InChI=1S/C17H23N5O/c1-21(10-11-22-8-3-2-4-9-22)17(23)16-12-15(19-20-16)14-6-5-7-18-13-14/h5-7,12-13H,2-4,8-11H2,1H3,(H,19,20). The Morgan fingerprint density at radius 2 is 2.17 bits per heavy atom. The molecule has 0 spiro atoms. The summed E-state index contributed by atoms with van der Waals surface area (Å²) in [6.45, 7) is 3.97. The fourth-order valence-electron chi connectivity index (χ4n) is 2.88. The molecule has 122 valence electrons. The third-order valence-electron chi connectivity index (χ3n) is 4.31. The first-order valence-corrected chi connectivity index (χ1v) is 8.17. The van der Waals surface area contributed by atoms with Gasteiger partial charge in [-0.05, 0) is 44.1 Å². The van der Waals surface area contributed by atoms with E-state index in [4.69, 9.17) is 0 Å². The molecule has 0 radical (unpaired) electrons. The van der Waals surface area contributed by atoms with Crippen LogP contribution in [0.15, 0.2) is 30.6 Å². The van der Waals surface area contributed by atoms with Gasteiger partial charge in [-0.1, -0.05) is 6.42 Å². The Balaban J connectivity index is 1.58. The highest BCUT2D eigenvalue weighted by Crippen LogP contribution is 2.16. The topological polar surface area (TPSA) is 65.1 Å². The maximum atomic E-state index is 12.5. The first-order chi connectivity index (χ1) is 11.2. The Bertz CT molecular complexity index is 633. The number of carbonyl (C=O) groups is 1. The highest BCUT2D eigenvalue weighted by molar-refractivity contribution is 5.93. The van der Waals surface area contributed by atoms with Crippen molar-refractivity contribution in [2.75, 3.05) is 33.2 Å². The van der Waals surface area contributed by atoms with Crippen molar-refractivity contribution in [3.8, 4) is 11.3 Å². The number of rotatable bonds is 5. The van der Waals surface area contributed by atoms with E-state index in [1.54, 1.807) is 23.4 Å². The van der Waals surface area contributed by atoms with Gasteiger partial charge in [-0.2, -0.15) is 5.10 Å². The van der Waals surface area contributed by atoms with Crippen LogP contribution < -0.4 is 0 Å². The molecule has 3 rings (SSSR count). The largest absolute Gasteiger partial charge is 0.339 e. The molecule has 0 unspecified atom stereocenters. The SMILES string of the molecule is CN(CCN1CCCCC1)C(=O)c1cc(-c2cccnc2)n[nH]1. The molecule has 0 atom stereocenters. The lowest BCUT2D eigenvalue weighted by Gasteiger charge is -2.28. The van der Waals surface area contributed by atoms with E-state index < -0.39 is 0 Å². The van der Waals surface area contributed by atoms with Gasteiger partial charge in [0.1, 0.15) is 5.69 Å². The molecule has 0 bridgehead atoms.